The van der Waals surface area contributed by atoms with Gasteiger partial charge in [0.15, 0.2) is 0 Å². The third-order valence-corrected chi connectivity index (χ3v) is 3.43. The number of anilines is 1. The quantitative estimate of drug-likeness (QED) is 0.661. The Balaban J connectivity index is 2.64. The van der Waals surface area contributed by atoms with E-state index in [0.717, 1.165) is 0 Å². The number of benzene rings is 1. The van der Waals surface area contributed by atoms with Gasteiger partial charge >= 0.3 is 0 Å². The summed E-state index contributed by atoms with van der Waals surface area (Å²) in [5, 5.41) is 2.66. The van der Waals surface area contributed by atoms with Crippen LogP contribution in [0.2, 0.25) is 0 Å². The molecule has 1 aromatic carbocycles. The average Bonchev–Trinajstić information content (AvgIpc) is 2.15. The summed E-state index contributed by atoms with van der Waals surface area (Å²) in [5.74, 6) is -0.451. The first-order chi connectivity index (χ1) is 7.68. The van der Waals surface area contributed by atoms with Crippen molar-refractivity contribution in [3.05, 3.63) is 24.3 Å². The molecule has 96 valence electrons. The van der Waals surface area contributed by atoms with Crippen molar-refractivity contribution in [1.29, 1.82) is 0 Å². The topological polar surface area (TPSA) is 121 Å². The minimum atomic E-state index is -4.23. The van der Waals surface area contributed by atoms with Crippen molar-refractivity contribution in [3.63, 3.8) is 0 Å². The van der Waals surface area contributed by atoms with Crippen LogP contribution >= 0.6 is 0 Å². The Kier molecular flexibility index (Phi) is 4.09. The van der Waals surface area contributed by atoms with Gasteiger partial charge in [0.2, 0.25) is 0 Å². The van der Waals surface area contributed by atoms with E-state index in [1.165, 1.54) is 24.3 Å². The molecule has 7 nitrogen and oxygen atoms in total. The van der Waals surface area contributed by atoms with Gasteiger partial charge in [-0.2, -0.15) is 16.8 Å². The highest BCUT2D eigenvalue weighted by molar-refractivity contribution is 7.86. The van der Waals surface area contributed by atoms with E-state index in [2.05, 4.69) is 5.32 Å². The minimum Gasteiger partial charge on any atom is -0.384 e. The Hall–Kier alpha value is -1.16. The maximum atomic E-state index is 10.7. The lowest BCUT2D eigenvalue weighted by molar-refractivity contribution is 0.481. The van der Waals surface area contributed by atoms with Gasteiger partial charge in [-0.25, -0.2) is 0 Å². The van der Waals surface area contributed by atoms with Crippen LogP contribution < -0.4 is 5.32 Å². The average molecular weight is 281 g/mol. The van der Waals surface area contributed by atoms with Crippen molar-refractivity contribution in [2.24, 2.45) is 0 Å². The number of rotatable bonds is 5. The van der Waals surface area contributed by atoms with Gasteiger partial charge in [0.25, 0.3) is 20.2 Å². The molecule has 3 N–H and O–H groups in total. The summed E-state index contributed by atoms with van der Waals surface area (Å²) in [6.45, 7) is -0.00987. The monoisotopic (exact) mass is 281 g/mol. The van der Waals surface area contributed by atoms with E-state index in [0.29, 0.717) is 5.69 Å². The molecule has 0 atom stereocenters. The second kappa shape index (κ2) is 5.00. The van der Waals surface area contributed by atoms with Gasteiger partial charge in [-0.05, 0) is 24.3 Å². The third-order valence-electron chi connectivity index (χ3n) is 1.84. The molecule has 1 aromatic rings. The summed E-state index contributed by atoms with van der Waals surface area (Å²) in [5.41, 5.74) is 0.473. The summed E-state index contributed by atoms with van der Waals surface area (Å²) >= 11 is 0. The highest BCUT2D eigenvalue weighted by Gasteiger charge is 2.08. The van der Waals surface area contributed by atoms with Crippen molar-refractivity contribution >= 4 is 25.9 Å². The lowest BCUT2D eigenvalue weighted by atomic mass is 10.3. The standard InChI is InChI=1S/C8H11NO6S2/c10-16(11,12)6-5-9-7-1-3-8(4-2-7)17(13,14)15/h1-4,9H,5-6H2,(H,10,11,12)(H,13,14,15). The van der Waals surface area contributed by atoms with Crippen LogP contribution in [0.15, 0.2) is 29.2 Å². The maximum Gasteiger partial charge on any atom is 0.294 e. The number of hydrogen-bond donors (Lipinski definition) is 3. The van der Waals surface area contributed by atoms with Crippen LogP contribution in [0.3, 0.4) is 0 Å². The van der Waals surface area contributed by atoms with Crippen molar-refractivity contribution < 1.29 is 25.9 Å². The van der Waals surface area contributed by atoms with Crippen molar-refractivity contribution in [1.82, 2.24) is 0 Å². The van der Waals surface area contributed by atoms with Crippen LogP contribution in [0.25, 0.3) is 0 Å². The molecule has 0 aliphatic carbocycles. The predicted molar refractivity (Wildman–Crippen MR) is 61.2 cm³/mol. The molecule has 0 heterocycles. The lowest BCUT2D eigenvalue weighted by Gasteiger charge is -2.05. The molecule has 0 spiro atoms. The number of hydrogen-bond acceptors (Lipinski definition) is 5. The Labute approximate surface area is 99.0 Å². The predicted octanol–water partition coefficient (Wildman–Crippen LogP) is 0.233. The van der Waals surface area contributed by atoms with E-state index in [1.807, 2.05) is 0 Å². The van der Waals surface area contributed by atoms with Gasteiger partial charge < -0.3 is 5.32 Å². The molecule has 0 aliphatic rings. The van der Waals surface area contributed by atoms with Crippen LogP contribution in [-0.4, -0.2) is 38.2 Å². The van der Waals surface area contributed by atoms with Crippen molar-refractivity contribution in [2.75, 3.05) is 17.6 Å². The van der Waals surface area contributed by atoms with Crippen molar-refractivity contribution in [2.45, 2.75) is 4.90 Å². The van der Waals surface area contributed by atoms with Crippen LogP contribution in [0.1, 0.15) is 0 Å². The van der Waals surface area contributed by atoms with Gasteiger partial charge in [0.1, 0.15) is 0 Å². The molecule has 17 heavy (non-hydrogen) atoms. The van der Waals surface area contributed by atoms with Crippen LogP contribution in [0, 0.1) is 0 Å². The van der Waals surface area contributed by atoms with Crippen LogP contribution in [-0.2, 0) is 20.2 Å². The van der Waals surface area contributed by atoms with E-state index >= 15 is 0 Å². The smallest absolute Gasteiger partial charge is 0.294 e. The number of nitrogens with one attached hydrogen (secondary N) is 1. The lowest BCUT2D eigenvalue weighted by Crippen LogP contribution is -2.14. The zero-order valence-electron chi connectivity index (χ0n) is 8.57. The zero-order valence-corrected chi connectivity index (χ0v) is 10.2. The highest BCUT2D eigenvalue weighted by Crippen LogP contribution is 2.13. The molecule has 0 bridgehead atoms. The molecular formula is C8H11NO6S2. The van der Waals surface area contributed by atoms with E-state index < -0.39 is 26.0 Å². The Morgan fingerprint density at radius 3 is 1.94 bits per heavy atom. The fourth-order valence-corrected chi connectivity index (χ4v) is 1.91. The molecule has 9 heteroatoms. The Bertz CT molecular complexity index is 575. The zero-order chi connectivity index (χ0) is 13.1. The fourth-order valence-electron chi connectivity index (χ4n) is 1.07. The molecule has 0 saturated carbocycles. The third kappa shape index (κ3) is 5.13. The molecule has 0 amide bonds. The van der Waals surface area contributed by atoms with E-state index in [1.54, 1.807) is 0 Å². The van der Waals surface area contributed by atoms with Crippen molar-refractivity contribution in [3.8, 4) is 0 Å². The molecule has 0 aliphatic heterocycles. The minimum absolute atomic E-state index is 0.00987. The normalized spacial score (nSPS) is 12.4. The van der Waals surface area contributed by atoms with Gasteiger partial charge in [-0.3, -0.25) is 9.11 Å². The van der Waals surface area contributed by atoms with E-state index in [-0.39, 0.29) is 11.4 Å². The van der Waals surface area contributed by atoms with Gasteiger partial charge in [-0.15, -0.1) is 0 Å². The first-order valence-corrected chi connectivity index (χ1v) is 7.50. The van der Waals surface area contributed by atoms with Gasteiger partial charge in [-0.1, -0.05) is 0 Å². The van der Waals surface area contributed by atoms with E-state index in [9.17, 15) is 16.8 Å². The van der Waals surface area contributed by atoms with Crippen LogP contribution in [0.4, 0.5) is 5.69 Å². The largest absolute Gasteiger partial charge is 0.384 e. The molecular weight excluding hydrogens is 270 g/mol. The van der Waals surface area contributed by atoms with Crippen LogP contribution in [0.5, 0.6) is 0 Å². The molecule has 0 unspecified atom stereocenters. The van der Waals surface area contributed by atoms with Gasteiger partial charge in [0.05, 0.1) is 10.6 Å². The maximum absolute atomic E-state index is 10.7. The molecule has 0 fully saturated rings. The second-order valence-corrected chi connectivity index (χ2v) is 6.21. The molecule has 0 aromatic heterocycles. The fraction of sp³-hybridized carbons (Fsp3) is 0.250. The summed E-state index contributed by atoms with van der Waals surface area (Å²) in [4.78, 5) is -0.252. The summed E-state index contributed by atoms with van der Waals surface area (Å²) in [6.07, 6.45) is 0. The Morgan fingerprint density at radius 2 is 1.53 bits per heavy atom. The molecule has 0 saturated heterocycles. The van der Waals surface area contributed by atoms with Gasteiger partial charge in [0, 0.05) is 12.2 Å². The Morgan fingerprint density at radius 1 is 1.00 bits per heavy atom. The summed E-state index contributed by atoms with van der Waals surface area (Å²) in [6, 6.07) is 5.08. The second-order valence-electron chi connectivity index (χ2n) is 3.21. The summed E-state index contributed by atoms with van der Waals surface area (Å²) < 4.78 is 59.4. The highest BCUT2D eigenvalue weighted by atomic mass is 32.2. The van der Waals surface area contributed by atoms with E-state index in [4.69, 9.17) is 9.11 Å². The first-order valence-electron chi connectivity index (χ1n) is 4.45. The summed E-state index contributed by atoms with van der Waals surface area (Å²) in [7, 11) is -8.25. The first kappa shape index (κ1) is 13.9. The molecule has 0 radical (unpaired) electrons. The SMILES string of the molecule is O=S(=O)(O)CCNc1ccc(S(=O)(=O)O)cc1. The molecule has 1 rings (SSSR count).